The van der Waals surface area contributed by atoms with Crippen LogP contribution in [0.25, 0.3) is 0 Å². The van der Waals surface area contributed by atoms with Gasteiger partial charge in [0.2, 0.25) is 11.8 Å². The zero-order chi connectivity index (χ0) is 30.6. The number of carbonyl (C=O) groups excluding carboxylic acids is 3. The molecule has 0 aromatic heterocycles. The Hall–Kier alpha value is -3.90. The van der Waals surface area contributed by atoms with Crippen LogP contribution < -0.4 is 5.32 Å². The molecule has 2 saturated heterocycles. The van der Waals surface area contributed by atoms with Crippen LogP contribution >= 0.6 is 11.6 Å². The molecule has 0 spiro atoms. The standard InChI is InChI=1S/C29H21ClF6N2O4/c1-42-26(41)23-21-22(25(40)38(24(21)39)14-15-8-10-20(30)11-9-15)27(37-23,16-4-2-6-18(12-16)28(31,32)33)17-5-3-7-19(13-17)29(34,35)36/h2-13,21-23,37H,14H2,1H3/t21-,22-,23+/m0/s1. The first kappa shape index (κ1) is 29.6. The summed E-state index contributed by atoms with van der Waals surface area (Å²) in [5.74, 6) is -5.83. The van der Waals surface area contributed by atoms with Gasteiger partial charge in [0.25, 0.3) is 0 Å². The number of nitrogens with one attached hydrogen (secondary N) is 1. The van der Waals surface area contributed by atoms with Crippen molar-refractivity contribution in [1.82, 2.24) is 10.2 Å². The number of benzene rings is 3. The number of methoxy groups -OCH3 is 1. The van der Waals surface area contributed by atoms with E-state index in [4.69, 9.17) is 16.3 Å². The van der Waals surface area contributed by atoms with Gasteiger partial charge in [-0.1, -0.05) is 48.0 Å². The maximum atomic E-state index is 14.1. The number of esters is 1. The number of hydrogen-bond acceptors (Lipinski definition) is 5. The van der Waals surface area contributed by atoms with Gasteiger partial charge in [-0.05, 0) is 53.1 Å². The summed E-state index contributed by atoms with van der Waals surface area (Å²) in [6.07, 6.45) is -9.69. The molecule has 220 valence electrons. The molecular weight excluding hydrogens is 590 g/mol. The number of amides is 2. The molecular formula is C29H21ClF6N2O4. The van der Waals surface area contributed by atoms with Crippen molar-refractivity contribution in [1.29, 1.82) is 0 Å². The lowest BCUT2D eigenvalue weighted by molar-refractivity contribution is -0.148. The Morgan fingerprint density at radius 3 is 1.88 bits per heavy atom. The summed E-state index contributed by atoms with van der Waals surface area (Å²) in [6.45, 7) is -0.267. The molecule has 0 bridgehead atoms. The summed E-state index contributed by atoms with van der Waals surface area (Å²) < 4.78 is 87.8. The van der Waals surface area contributed by atoms with Crippen LogP contribution in [0.4, 0.5) is 26.3 Å². The first-order valence-corrected chi connectivity index (χ1v) is 12.9. The Morgan fingerprint density at radius 1 is 0.881 bits per heavy atom. The Bertz CT molecular complexity index is 1500. The highest BCUT2D eigenvalue weighted by Gasteiger charge is 2.68. The van der Waals surface area contributed by atoms with Gasteiger partial charge in [0.15, 0.2) is 0 Å². The fraction of sp³-hybridized carbons (Fsp3) is 0.276. The fourth-order valence-corrected chi connectivity index (χ4v) is 5.93. The van der Waals surface area contributed by atoms with Gasteiger partial charge in [-0.25, -0.2) is 0 Å². The number of hydrogen-bond donors (Lipinski definition) is 1. The molecule has 13 heteroatoms. The lowest BCUT2D eigenvalue weighted by atomic mass is 9.71. The molecule has 2 fully saturated rings. The van der Waals surface area contributed by atoms with Gasteiger partial charge in [-0.15, -0.1) is 0 Å². The monoisotopic (exact) mass is 610 g/mol. The van der Waals surface area contributed by atoms with Crippen molar-refractivity contribution in [3.05, 3.63) is 106 Å². The third kappa shape index (κ3) is 4.92. The summed E-state index contributed by atoms with van der Waals surface area (Å²) in [7, 11) is 1.01. The fourth-order valence-electron chi connectivity index (χ4n) is 5.80. The molecule has 0 unspecified atom stereocenters. The van der Waals surface area contributed by atoms with E-state index in [0.717, 1.165) is 36.3 Å². The quantitative estimate of drug-likeness (QED) is 0.232. The Morgan fingerprint density at radius 2 is 1.40 bits per heavy atom. The highest BCUT2D eigenvalue weighted by Crippen LogP contribution is 2.53. The molecule has 0 saturated carbocycles. The highest BCUT2D eigenvalue weighted by molar-refractivity contribution is 6.30. The van der Waals surface area contributed by atoms with Gasteiger partial charge in [-0.2, -0.15) is 26.3 Å². The number of imide groups is 1. The average molecular weight is 611 g/mol. The number of halogens is 7. The van der Waals surface area contributed by atoms with Crippen LogP contribution in [0.15, 0.2) is 72.8 Å². The molecule has 0 aliphatic carbocycles. The zero-order valence-corrected chi connectivity index (χ0v) is 22.3. The maximum absolute atomic E-state index is 14.1. The van der Waals surface area contributed by atoms with Crippen molar-refractivity contribution in [2.45, 2.75) is 30.5 Å². The lowest BCUT2D eigenvalue weighted by Gasteiger charge is -2.37. The molecule has 3 atom stereocenters. The molecule has 2 aliphatic heterocycles. The van der Waals surface area contributed by atoms with E-state index >= 15 is 0 Å². The first-order chi connectivity index (χ1) is 19.7. The molecule has 1 N–H and O–H groups in total. The number of likely N-dealkylation sites (tertiary alicyclic amines) is 1. The Balaban J connectivity index is 1.76. The van der Waals surface area contributed by atoms with Crippen molar-refractivity contribution in [3.8, 4) is 0 Å². The van der Waals surface area contributed by atoms with E-state index in [9.17, 15) is 40.7 Å². The molecule has 0 radical (unpaired) electrons. The van der Waals surface area contributed by atoms with E-state index in [2.05, 4.69) is 5.32 Å². The summed E-state index contributed by atoms with van der Waals surface area (Å²) in [4.78, 5) is 41.7. The predicted molar refractivity (Wildman–Crippen MR) is 137 cm³/mol. The van der Waals surface area contributed by atoms with Crippen LogP contribution in [0.1, 0.15) is 27.8 Å². The molecule has 2 amide bonds. The third-order valence-corrected chi connectivity index (χ3v) is 7.90. The predicted octanol–water partition coefficient (Wildman–Crippen LogP) is 5.57. The van der Waals surface area contributed by atoms with Gasteiger partial charge in [0.1, 0.15) is 6.04 Å². The smallest absolute Gasteiger partial charge is 0.416 e. The number of ether oxygens (including phenoxy) is 1. The summed E-state index contributed by atoms with van der Waals surface area (Å²) in [5, 5.41) is 3.19. The third-order valence-electron chi connectivity index (χ3n) is 7.65. The molecule has 6 nitrogen and oxygen atoms in total. The van der Waals surface area contributed by atoms with Crippen LogP contribution in [-0.4, -0.2) is 35.8 Å². The van der Waals surface area contributed by atoms with Gasteiger partial charge < -0.3 is 4.74 Å². The minimum absolute atomic E-state index is 0.257. The van der Waals surface area contributed by atoms with E-state index < -0.39 is 64.7 Å². The van der Waals surface area contributed by atoms with Gasteiger partial charge >= 0.3 is 18.3 Å². The van der Waals surface area contributed by atoms with Gasteiger partial charge in [-0.3, -0.25) is 24.6 Å². The highest BCUT2D eigenvalue weighted by atomic mass is 35.5. The summed E-state index contributed by atoms with van der Waals surface area (Å²) in [5.41, 5.74) is -4.47. The van der Waals surface area contributed by atoms with Crippen molar-refractivity contribution in [3.63, 3.8) is 0 Å². The Kier molecular flexibility index (Phi) is 7.34. The molecule has 5 rings (SSSR count). The van der Waals surface area contributed by atoms with E-state index in [-0.39, 0.29) is 17.7 Å². The van der Waals surface area contributed by atoms with Crippen LogP contribution in [0.5, 0.6) is 0 Å². The molecule has 3 aromatic carbocycles. The molecule has 42 heavy (non-hydrogen) atoms. The summed E-state index contributed by atoms with van der Waals surface area (Å²) in [6, 6.07) is 12.0. The van der Waals surface area contributed by atoms with Crippen molar-refractivity contribution in [2.75, 3.05) is 7.11 Å². The average Bonchev–Trinajstić information content (AvgIpc) is 3.43. The molecule has 2 aliphatic rings. The van der Waals surface area contributed by atoms with Gasteiger partial charge in [0, 0.05) is 5.02 Å². The van der Waals surface area contributed by atoms with Crippen LogP contribution in [-0.2, 0) is 43.6 Å². The van der Waals surface area contributed by atoms with Crippen molar-refractivity contribution >= 4 is 29.4 Å². The normalized spacial score (nSPS) is 21.9. The van der Waals surface area contributed by atoms with Crippen molar-refractivity contribution in [2.24, 2.45) is 11.8 Å². The van der Waals surface area contributed by atoms with Crippen LogP contribution in [0.2, 0.25) is 5.02 Å². The van der Waals surface area contributed by atoms with E-state index in [1.807, 2.05) is 0 Å². The number of nitrogens with zero attached hydrogens (tertiary/aromatic N) is 1. The number of rotatable bonds is 5. The van der Waals surface area contributed by atoms with Crippen LogP contribution in [0, 0.1) is 11.8 Å². The van der Waals surface area contributed by atoms with E-state index in [1.54, 1.807) is 12.1 Å². The zero-order valence-electron chi connectivity index (χ0n) is 21.6. The minimum Gasteiger partial charge on any atom is -0.468 e. The second-order valence-corrected chi connectivity index (χ2v) is 10.4. The van der Waals surface area contributed by atoms with Gasteiger partial charge in [0.05, 0.1) is 42.2 Å². The second-order valence-electron chi connectivity index (χ2n) is 10.0. The minimum atomic E-state index is -4.85. The largest absolute Gasteiger partial charge is 0.468 e. The number of alkyl halides is 6. The maximum Gasteiger partial charge on any atom is 0.416 e. The lowest BCUT2D eigenvalue weighted by Crippen LogP contribution is -2.51. The summed E-state index contributed by atoms with van der Waals surface area (Å²) >= 11 is 5.93. The number of carbonyl (C=O) groups is 3. The topological polar surface area (TPSA) is 75.7 Å². The second kappa shape index (κ2) is 10.4. The Labute approximate surface area is 240 Å². The SMILES string of the molecule is COC(=O)[C@@H]1NC(c2cccc(C(F)(F)F)c2)(c2cccc(C(F)(F)F)c2)[C@@H]2C(=O)N(Cc3ccc(Cl)cc3)C(=O)[C@@H]21. The van der Waals surface area contributed by atoms with E-state index in [0.29, 0.717) is 22.7 Å². The van der Waals surface area contributed by atoms with Crippen LogP contribution in [0.3, 0.4) is 0 Å². The first-order valence-electron chi connectivity index (χ1n) is 12.5. The number of fused-ring (bicyclic) bond motifs is 1. The van der Waals surface area contributed by atoms with Crippen molar-refractivity contribution < 1.29 is 45.5 Å². The molecule has 2 heterocycles. The molecule has 3 aromatic rings. The van der Waals surface area contributed by atoms with E-state index in [1.165, 1.54) is 24.3 Å².